The van der Waals surface area contributed by atoms with E-state index in [1.165, 1.54) is 0 Å². The van der Waals surface area contributed by atoms with E-state index < -0.39 is 16.9 Å². The molecule has 2 atom stereocenters. The third-order valence-corrected chi connectivity index (χ3v) is 3.46. The first-order chi connectivity index (χ1) is 9.02. The lowest BCUT2D eigenvalue weighted by Gasteiger charge is -2.12. The lowest BCUT2D eigenvalue weighted by Crippen LogP contribution is -2.35. The van der Waals surface area contributed by atoms with E-state index in [4.69, 9.17) is 0 Å². The molecule has 0 radical (unpaired) electrons. The fraction of sp³-hybridized carbons (Fsp3) is 0.462. The summed E-state index contributed by atoms with van der Waals surface area (Å²) in [5, 5.41) is 14.7. The Morgan fingerprint density at radius 1 is 1.47 bits per heavy atom. The van der Waals surface area contributed by atoms with Gasteiger partial charge in [0.2, 0.25) is 0 Å². The Morgan fingerprint density at radius 2 is 2.21 bits per heavy atom. The number of hydrogen-bond donors (Lipinski definition) is 3. The van der Waals surface area contributed by atoms with Crippen molar-refractivity contribution in [1.29, 1.82) is 0 Å². The maximum atomic E-state index is 11.6. The highest BCUT2D eigenvalue weighted by molar-refractivity contribution is 7.84. The Morgan fingerprint density at radius 3 is 2.84 bits per heavy atom. The summed E-state index contributed by atoms with van der Waals surface area (Å²) >= 11 is 0. The molecule has 0 saturated carbocycles. The molecule has 0 aliphatic heterocycles. The predicted octanol–water partition coefficient (Wildman–Crippen LogP) is 1.71. The second kappa shape index (κ2) is 7.91. The number of benzene rings is 1. The summed E-state index contributed by atoms with van der Waals surface area (Å²) in [4.78, 5) is 12.2. The zero-order valence-electron chi connectivity index (χ0n) is 11.2. The van der Waals surface area contributed by atoms with Gasteiger partial charge in [-0.25, -0.2) is 4.79 Å². The van der Waals surface area contributed by atoms with E-state index in [1.54, 1.807) is 30.5 Å². The van der Waals surface area contributed by atoms with Crippen molar-refractivity contribution in [3.05, 3.63) is 24.3 Å². The SMILES string of the molecule is CCCC(O)CNC(=O)Nc1cccc(S(C)=O)c1. The van der Waals surface area contributed by atoms with Crippen LogP contribution < -0.4 is 10.6 Å². The molecule has 0 aliphatic rings. The summed E-state index contributed by atoms with van der Waals surface area (Å²) in [5.74, 6) is 0. The highest BCUT2D eigenvalue weighted by Crippen LogP contribution is 2.12. The predicted molar refractivity (Wildman–Crippen MR) is 76.7 cm³/mol. The van der Waals surface area contributed by atoms with Crippen molar-refractivity contribution < 1.29 is 14.1 Å². The normalized spacial score (nSPS) is 13.6. The lowest BCUT2D eigenvalue weighted by atomic mass is 10.2. The molecule has 0 aliphatic carbocycles. The van der Waals surface area contributed by atoms with Crippen LogP contribution in [0.25, 0.3) is 0 Å². The first kappa shape index (κ1) is 15.7. The van der Waals surface area contributed by atoms with Gasteiger partial charge in [-0.3, -0.25) is 4.21 Å². The van der Waals surface area contributed by atoms with Gasteiger partial charge in [-0.15, -0.1) is 0 Å². The molecule has 6 heteroatoms. The number of hydrogen-bond acceptors (Lipinski definition) is 3. The first-order valence-corrected chi connectivity index (χ1v) is 7.75. The number of amides is 2. The molecule has 3 N–H and O–H groups in total. The molecular weight excluding hydrogens is 264 g/mol. The van der Waals surface area contributed by atoms with Crippen LogP contribution in [0.4, 0.5) is 10.5 Å². The van der Waals surface area contributed by atoms with Crippen LogP contribution in [0.3, 0.4) is 0 Å². The van der Waals surface area contributed by atoms with Crippen LogP contribution in [0.5, 0.6) is 0 Å². The lowest BCUT2D eigenvalue weighted by molar-refractivity contribution is 0.162. The summed E-state index contributed by atoms with van der Waals surface area (Å²) in [5.41, 5.74) is 0.579. The first-order valence-electron chi connectivity index (χ1n) is 6.19. The fourth-order valence-electron chi connectivity index (χ4n) is 1.57. The van der Waals surface area contributed by atoms with Gasteiger partial charge in [-0.05, 0) is 24.6 Å². The van der Waals surface area contributed by atoms with E-state index in [2.05, 4.69) is 10.6 Å². The van der Waals surface area contributed by atoms with E-state index in [0.29, 0.717) is 17.0 Å². The molecule has 0 fully saturated rings. The number of carbonyl (C=O) groups is 1. The van der Waals surface area contributed by atoms with Gasteiger partial charge in [0.15, 0.2) is 0 Å². The number of aliphatic hydroxyl groups is 1. The van der Waals surface area contributed by atoms with Gasteiger partial charge >= 0.3 is 6.03 Å². The minimum absolute atomic E-state index is 0.221. The van der Waals surface area contributed by atoms with Crippen molar-refractivity contribution in [3.63, 3.8) is 0 Å². The molecule has 1 aromatic rings. The Balaban J connectivity index is 2.48. The second-order valence-electron chi connectivity index (χ2n) is 4.26. The zero-order valence-corrected chi connectivity index (χ0v) is 12.0. The molecule has 1 rings (SSSR count). The highest BCUT2D eigenvalue weighted by atomic mass is 32.2. The number of aliphatic hydroxyl groups excluding tert-OH is 1. The van der Waals surface area contributed by atoms with Gasteiger partial charge in [0.05, 0.1) is 6.10 Å². The van der Waals surface area contributed by atoms with Crippen molar-refractivity contribution in [3.8, 4) is 0 Å². The van der Waals surface area contributed by atoms with Crippen LogP contribution in [0, 0.1) is 0 Å². The van der Waals surface area contributed by atoms with E-state index in [-0.39, 0.29) is 12.6 Å². The van der Waals surface area contributed by atoms with Gasteiger partial charge in [0, 0.05) is 34.2 Å². The van der Waals surface area contributed by atoms with Gasteiger partial charge < -0.3 is 15.7 Å². The smallest absolute Gasteiger partial charge is 0.319 e. The molecule has 0 saturated heterocycles. The molecule has 0 aromatic heterocycles. The summed E-state index contributed by atoms with van der Waals surface area (Å²) in [6.45, 7) is 2.19. The maximum Gasteiger partial charge on any atom is 0.319 e. The van der Waals surface area contributed by atoms with Crippen molar-refractivity contribution in [2.45, 2.75) is 30.8 Å². The van der Waals surface area contributed by atoms with Crippen LogP contribution in [-0.2, 0) is 10.8 Å². The van der Waals surface area contributed by atoms with Crippen molar-refractivity contribution in [1.82, 2.24) is 5.32 Å². The Labute approximate surface area is 115 Å². The largest absolute Gasteiger partial charge is 0.391 e. The van der Waals surface area contributed by atoms with E-state index in [9.17, 15) is 14.1 Å². The van der Waals surface area contributed by atoms with Gasteiger partial charge in [-0.1, -0.05) is 19.4 Å². The molecule has 106 valence electrons. The molecular formula is C13H20N2O3S. The van der Waals surface area contributed by atoms with E-state index in [1.807, 2.05) is 6.92 Å². The monoisotopic (exact) mass is 284 g/mol. The van der Waals surface area contributed by atoms with Crippen LogP contribution in [-0.4, -0.2) is 34.3 Å². The summed E-state index contributed by atoms with van der Waals surface area (Å²) in [7, 11) is -1.08. The molecule has 0 heterocycles. The van der Waals surface area contributed by atoms with E-state index in [0.717, 1.165) is 6.42 Å². The summed E-state index contributed by atoms with van der Waals surface area (Å²) in [6.07, 6.45) is 2.59. The number of anilines is 1. The number of nitrogens with one attached hydrogen (secondary N) is 2. The molecule has 2 unspecified atom stereocenters. The average molecular weight is 284 g/mol. The molecule has 0 bridgehead atoms. The quantitative estimate of drug-likeness (QED) is 0.744. The molecule has 1 aromatic carbocycles. The minimum Gasteiger partial charge on any atom is -0.391 e. The Bertz CT molecular complexity index is 451. The standard InChI is InChI=1S/C13H20N2O3S/c1-3-5-11(16)9-14-13(17)15-10-6-4-7-12(8-10)19(2)18/h4,6-8,11,16H,3,5,9H2,1-2H3,(H2,14,15,17). The van der Waals surface area contributed by atoms with Gasteiger partial charge in [0.25, 0.3) is 0 Å². The second-order valence-corrected chi connectivity index (χ2v) is 5.64. The van der Waals surface area contributed by atoms with E-state index >= 15 is 0 Å². The third-order valence-electron chi connectivity index (χ3n) is 2.54. The topological polar surface area (TPSA) is 78.4 Å². The highest BCUT2D eigenvalue weighted by Gasteiger charge is 2.07. The minimum atomic E-state index is -1.08. The van der Waals surface area contributed by atoms with Crippen LogP contribution in [0.15, 0.2) is 29.2 Å². The Hall–Kier alpha value is -1.40. The molecule has 0 spiro atoms. The number of urea groups is 1. The number of carbonyl (C=O) groups excluding carboxylic acids is 1. The summed E-state index contributed by atoms with van der Waals surface area (Å²) < 4.78 is 11.3. The average Bonchev–Trinajstić information content (AvgIpc) is 2.37. The van der Waals surface area contributed by atoms with Gasteiger partial charge in [-0.2, -0.15) is 0 Å². The molecule has 5 nitrogen and oxygen atoms in total. The zero-order chi connectivity index (χ0) is 14.3. The van der Waals surface area contributed by atoms with Crippen molar-refractivity contribution in [2.75, 3.05) is 18.1 Å². The molecule has 19 heavy (non-hydrogen) atoms. The van der Waals surface area contributed by atoms with Crippen LogP contribution in [0.1, 0.15) is 19.8 Å². The van der Waals surface area contributed by atoms with Crippen molar-refractivity contribution >= 4 is 22.5 Å². The van der Waals surface area contributed by atoms with Crippen molar-refractivity contribution in [2.24, 2.45) is 0 Å². The summed E-state index contributed by atoms with van der Waals surface area (Å²) in [6, 6.07) is 6.48. The van der Waals surface area contributed by atoms with Crippen LogP contribution >= 0.6 is 0 Å². The van der Waals surface area contributed by atoms with Crippen LogP contribution in [0.2, 0.25) is 0 Å². The maximum absolute atomic E-state index is 11.6. The fourth-order valence-corrected chi connectivity index (χ4v) is 2.14. The molecule has 2 amide bonds. The third kappa shape index (κ3) is 5.85. The number of rotatable bonds is 6. The van der Waals surface area contributed by atoms with Gasteiger partial charge in [0.1, 0.15) is 0 Å². The Kier molecular flexibility index (Phi) is 6.52.